The minimum absolute atomic E-state index is 0.0201. The van der Waals surface area contributed by atoms with E-state index in [2.05, 4.69) is 51.1 Å². The number of hydrogen-bond donors (Lipinski definition) is 2. The summed E-state index contributed by atoms with van der Waals surface area (Å²) in [5.41, 5.74) is 10.0. The smallest absolute Gasteiger partial charge is 0.125 e. The Morgan fingerprint density at radius 2 is 2.04 bits per heavy atom. The summed E-state index contributed by atoms with van der Waals surface area (Å²) in [4.78, 5) is 5.68. The molecule has 2 heterocycles. The van der Waals surface area contributed by atoms with Crippen molar-refractivity contribution in [1.29, 1.82) is 0 Å². The number of hydrogen-bond acceptors (Lipinski definition) is 2. The van der Waals surface area contributed by atoms with Crippen LogP contribution in [0.5, 0.6) is 0 Å². The molecule has 154 valence electrons. The number of H-pyrrole nitrogens is 1. The van der Waals surface area contributed by atoms with Crippen molar-refractivity contribution in [2.24, 2.45) is 17.1 Å². The molecule has 1 unspecified atom stereocenters. The van der Waals surface area contributed by atoms with Crippen LogP contribution in [0, 0.1) is 17.2 Å². The number of nitrogens with two attached hydrogens (primary N) is 1. The van der Waals surface area contributed by atoms with Crippen LogP contribution in [0.1, 0.15) is 71.8 Å². The van der Waals surface area contributed by atoms with Crippen molar-refractivity contribution in [2.45, 2.75) is 71.9 Å². The van der Waals surface area contributed by atoms with Crippen LogP contribution in [-0.4, -0.2) is 22.1 Å². The number of nitrogens with one attached hydrogen (secondary N) is 1. The van der Waals surface area contributed by atoms with E-state index in [0.717, 1.165) is 48.8 Å². The van der Waals surface area contributed by atoms with Gasteiger partial charge in [-0.15, -0.1) is 0 Å². The Labute approximate surface area is 169 Å². The SMILES string of the molecule is C=C(C(C)CC)N1CC[C@](C)(CC)[C@@]1(N)[C@H](CC)c1c[nH]c2cc(F)ccc12. The summed E-state index contributed by atoms with van der Waals surface area (Å²) in [5, 5.41) is 1.07. The van der Waals surface area contributed by atoms with Crippen LogP contribution in [0.15, 0.2) is 36.7 Å². The van der Waals surface area contributed by atoms with E-state index >= 15 is 0 Å². The summed E-state index contributed by atoms with van der Waals surface area (Å²) in [6.45, 7) is 16.6. The molecule has 0 saturated carbocycles. The van der Waals surface area contributed by atoms with Gasteiger partial charge in [-0.05, 0) is 55.4 Å². The molecule has 1 aliphatic rings. The van der Waals surface area contributed by atoms with Gasteiger partial charge in [0.25, 0.3) is 0 Å². The van der Waals surface area contributed by atoms with E-state index in [-0.39, 0.29) is 17.2 Å². The lowest BCUT2D eigenvalue weighted by Crippen LogP contribution is -2.63. The van der Waals surface area contributed by atoms with Crippen molar-refractivity contribution in [1.82, 2.24) is 9.88 Å². The highest BCUT2D eigenvalue weighted by Crippen LogP contribution is 2.55. The molecule has 1 aromatic heterocycles. The molecule has 3 nitrogen and oxygen atoms in total. The zero-order valence-corrected chi connectivity index (χ0v) is 18.1. The quantitative estimate of drug-likeness (QED) is 0.601. The minimum atomic E-state index is -0.527. The van der Waals surface area contributed by atoms with Gasteiger partial charge >= 0.3 is 0 Å². The molecule has 0 amide bonds. The van der Waals surface area contributed by atoms with E-state index in [1.165, 1.54) is 5.56 Å². The van der Waals surface area contributed by atoms with Crippen LogP contribution >= 0.6 is 0 Å². The molecule has 1 aliphatic heterocycles. The van der Waals surface area contributed by atoms with E-state index in [1.54, 1.807) is 12.1 Å². The van der Waals surface area contributed by atoms with Gasteiger partial charge in [0.1, 0.15) is 11.5 Å². The summed E-state index contributed by atoms with van der Waals surface area (Å²) < 4.78 is 13.7. The number of fused-ring (bicyclic) bond motifs is 1. The molecule has 3 rings (SSSR count). The Hall–Kier alpha value is -1.81. The van der Waals surface area contributed by atoms with Gasteiger partial charge in [-0.3, -0.25) is 0 Å². The largest absolute Gasteiger partial charge is 0.361 e. The second-order valence-electron chi connectivity index (χ2n) is 8.84. The first-order valence-electron chi connectivity index (χ1n) is 10.7. The maximum absolute atomic E-state index is 13.7. The first kappa shape index (κ1) is 20.9. The number of allylic oxidation sites excluding steroid dienone is 1. The number of likely N-dealkylation sites (tertiary alicyclic amines) is 1. The Morgan fingerprint density at radius 1 is 1.32 bits per heavy atom. The Bertz CT molecular complexity index is 857. The minimum Gasteiger partial charge on any atom is -0.361 e. The second kappa shape index (κ2) is 7.55. The monoisotopic (exact) mass is 385 g/mol. The fourth-order valence-corrected chi connectivity index (χ4v) is 5.20. The standard InChI is InChI=1S/C24H36FN3/c1-7-16(4)17(5)28-13-12-23(6,9-3)24(28,26)21(8-2)20-15-27-22-14-18(25)10-11-19(20)22/h10-11,14-16,21,27H,5,7-9,12-13,26H2,1-4,6H3/t16?,21-,23+,24-/m1/s1. The fourth-order valence-electron chi connectivity index (χ4n) is 5.20. The van der Waals surface area contributed by atoms with Gasteiger partial charge in [0.05, 0.1) is 0 Å². The van der Waals surface area contributed by atoms with Crippen molar-refractivity contribution in [3.63, 3.8) is 0 Å². The van der Waals surface area contributed by atoms with E-state index in [1.807, 2.05) is 12.3 Å². The zero-order chi connectivity index (χ0) is 20.7. The number of nitrogens with zero attached hydrogens (tertiary/aromatic N) is 1. The van der Waals surface area contributed by atoms with Gasteiger partial charge in [-0.2, -0.15) is 0 Å². The number of benzene rings is 1. The van der Waals surface area contributed by atoms with E-state index in [0.29, 0.717) is 5.92 Å². The fraction of sp³-hybridized carbons (Fsp3) is 0.583. The first-order valence-corrected chi connectivity index (χ1v) is 10.7. The third-order valence-electron chi connectivity index (χ3n) is 7.60. The molecule has 4 heteroatoms. The van der Waals surface area contributed by atoms with Crippen LogP contribution in [-0.2, 0) is 0 Å². The van der Waals surface area contributed by atoms with Gasteiger partial charge in [-0.25, -0.2) is 4.39 Å². The summed E-state index contributed by atoms with van der Waals surface area (Å²) in [7, 11) is 0. The third kappa shape index (κ3) is 2.97. The summed E-state index contributed by atoms with van der Waals surface area (Å²) in [6, 6.07) is 4.99. The van der Waals surface area contributed by atoms with Crippen molar-refractivity contribution < 1.29 is 4.39 Å². The average Bonchev–Trinajstić information content (AvgIpc) is 3.21. The normalized spacial score (nSPS) is 27.3. The second-order valence-corrected chi connectivity index (χ2v) is 8.84. The van der Waals surface area contributed by atoms with Crippen LogP contribution < -0.4 is 5.73 Å². The van der Waals surface area contributed by atoms with E-state index < -0.39 is 5.66 Å². The summed E-state index contributed by atoms with van der Waals surface area (Å²) in [6.07, 6.45) is 6.08. The highest BCUT2D eigenvalue weighted by atomic mass is 19.1. The molecule has 0 aliphatic carbocycles. The Balaban J connectivity index is 2.15. The molecule has 0 radical (unpaired) electrons. The Morgan fingerprint density at radius 3 is 2.64 bits per heavy atom. The van der Waals surface area contributed by atoms with Crippen LogP contribution in [0.2, 0.25) is 0 Å². The average molecular weight is 386 g/mol. The molecule has 1 fully saturated rings. The van der Waals surface area contributed by atoms with E-state index in [9.17, 15) is 4.39 Å². The van der Waals surface area contributed by atoms with E-state index in [4.69, 9.17) is 5.73 Å². The van der Waals surface area contributed by atoms with Crippen LogP contribution in [0.25, 0.3) is 10.9 Å². The third-order valence-corrected chi connectivity index (χ3v) is 7.60. The van der Waals surface area contributed by atoms with Gasteiger partial charge < -0.3 is 15.6 Å². The lowest BCUT2D eigenvalue weighted by atomic mass is 9.66. The molecule has 1 saturated heterocycles. The van der Waals surface area contributed by atoms with Crippen LogP contribution in [0.3, 0.4) is 0 Å². The molecule has 28 heavy (non-hydrogen) atoms. The molecule has 1 aromatic carbocycles. The molecule has 4 atom stereocenters. The maximum atomic E-state index is 13.7. The van der Waals surface area contributed by atoms with Crippen molar-refractivity contribution >= 4 is 10.9 Å². The number of rotatable bonds is 7. The van der Waals surface area contributed by atoms with Crippen molar-refractivity contribution in [2.75, 3.05) is 6.54 Å². The molecule has 0 spiro atoms. The molecule has 3 N–H and O–H groups in total. The van der Waals surface area contributed by atoms with Crippen LogP contribution in [0.4, 0.5) is 4.39 Å². The van der Waals surface area contributed by atoms with Crippen molar-refractivity contribution in [3.05, 3.63) is 48.1 Å². The first-order chi connectivity index (χ1) is 13.2. The van der Waals surface area contributed by atoms with Crippen molar-refractivity contribution in [3.8, 4) is 0 Å². The molecular weight excluding hydrogens is 349 g/mol. The number of halogens is 1. The lowest BCUT2D eigenvalue weighted by molar-refractivity contribution is 0.0337. The zero-order valence-electron chi connectivity index (χ0n) is 18.1. The van der Waals surface area contributed by atoms with Gasteiger partial charge in [0.15, 0.2) is 0 Å². The Kier molecular flexibility index (Phi) is 5.64. The molecule has 2 aromatic rings. The predicted octanol–water partition coefficient (Wildman–Crippen LogP) is 6.14. The van der Waals surface area contributed by atoms with Gasteiger partial charge in [-0.1, -0.05) is 41.2 Å². The maximum Gasteiger partial charge on any atom is 0.125 e. The lowest BCUT2D eigenvalue weighted by Gasteiger charge is -2.52. The highest BCUT2D eigenvalue weighted by molar-refractivity contribution is 5.84. The molecule has 0 bridgehead atoms. The predicted molar refractivity (Wildman–Crippen MR) is 117 cm³/mol. The van der Waals surface area contributed by atoms with Gasteiger partial charge in [0, 0.05) is 40.7 Å². The molecular formula is C24H36FN3. The number of aromatic nitrogens is 1. The summed E-state index contributed by atoms with van der Waals surface area (Å²) in [5.74, 6) is 0.305. The number of aromatic amines is 1. The topological polar surface area (TPSA) is 45.0 Å². The highest BCUT2D eigenvalue weighted by Gasteiger charge is 2.58. The summed E-state index contributed by atoms with van der Waals surface area (Å²) >= 11 is 0. The van der Waals surface area contributed by atoms with Gasteiger partial charge in [0.2, 0.25) is 0 Å².